The third kappa shape index (κ3) is 8.26. The van der Waals surface area contributed by atoms with Crippen LogP contribution in [0.15, 0.2) is 77.9 Å². The molecular weight excluding hydrogens is 492 g/mol. The first-order valence-electron chi connectivity index (χ1n) is 11.8. The Labute approximate surface area is 218 Å². The van der Waals surface area contributed by atoms with E-state index >= 15 is 0 Å². The Morgan fingerprint density at radius 3 is 2.39 bits per heavy atom. The highest BCUT2D eigenvalue weighted by atomic mass is 16.6. The number of hydrogen-bond donors (Lipinski definition) is 2. The number of nitro benzene ring substituents is 1. The second kappa shape index (κ2) is 13.9. The fourth-order valence-corrected chi connectivity index (χ4v) is 3.21. The minimum Gasteiger partial charge on any atom is -0.490 e. The quantitative estimate of drug-likeness (QED) is 0.0923. The molecule has 11 heteroatoms. The average Bonchev–Trinajstić information content (AvgIpc) is 2.93. The van der Waals surface area contributed by atoms with Crippen molar-refractivity contribution in [2.24, 2.45) is 5.10 Å². The van der Waals surface area contributed by atoms with Gasteiger partial charge in [-0.05, 0) is 61.4 Å². The fraction of sp³-hybridized carbons (Fsp3) is 0.185. The van der Waals surface area contributed by atoms with E-state index in [2.05, 4.69) is 15.8 Å². The van der Waals surface area contributed by atoms with Crippen molar-refractivity contribution in [2.75, 3.05) is 13.2 Å². The molecule has 0 heterocycles. The maximum atomic E-state index is 12.4. The van der Waals surface area contributed by atoms with Crippen molar-refractivity contribution in [3.05, 3.63) is 99.6 Å². The maximum absolute atomic E-state index is 12.4. The van der Waals surface area contributed by atoms with Crippen molar-refractivity contribution in [3.8, 4) is 11.5 Å². The van der Waals surface area contributed by atoms with Crippen molar-refractivity contribution in [1.29, 1.82) is 0 Å². The molecule has 0 aliphatic carbocycles. The number of hydrogen-bond acceptors (Lipinski definition) is 8. The van der Waals surface area contributed by atoms with Gasteiger partial charge in [0.2, 0.25) is 5.91 Å². The molecule has 3 rings (SSSR count). The molecule has 2 N–H and O–H groups in total. The lowest BCUT2D eigenvalue weighted by atomic mass is 10.2. The van der Waals surface area contributed by atoms with Gasteiger partial charge in [-0.25, -0.2) is 10.2 Å². The molecule has 0 atom stereocenters. The van der Waals surface area contributed by atoms with Gasteiger partial charge in [-0.1, -0.05) is 18.2 Å². The normalized spacial score (nSPS) is 10.6. The maximum Gasteiger partial charge on any atom is 0.343 e. The van der Waals surface area contributed by atoms with Crippen LogP contribution in [0.4, 0.5) is 5.69 Å². The molecule has 196 valence electrons. The standard InChI is InChI=1S/C27H26N4O7/c1-2-37-24-17-19(10-15-23(24)38-27(34)21-7-4-3-5-8-21)18-29-30-25(32)9-6-16-28-26(33)20-11-13-22(14-12-20)31(35)36/h3-5,7-8,10-15,17-18H,2,6,9,16H2,1H3,(H,28,33)(H,30,32). The Bertz CT molecular complexity index is 1310. The van der Waals surface area contributed by atoms with Crippen LogP contribution in [0, 0.1) is 10.1 Å². The first-order valence-corrected chi connectivity index (χ1v) is 11.8. The van der Waals surface area contributed by atoms with Gasteiger partial charge in [-0.2, -0.15) is 5.10 Å². The summed E-state index contributed by atoms with van der Waals surface area (Å²) in [6.07, 6.45) is 1.92. The molecular formula is C27H26N4O7. The lowest BCUT2D eigenvalue weighted by Crippen LogP contribution is -2.26. The molecule has 0 aromatic heterocycles. The van der Waals surface area contributed by atoms with E-state index in [4.69, 9.17) is 9.47 Å². The van der Waals surface area contributed by atoms with Gasteiger partial charge in [0.05, 0.1) is 23.3 Å². The Hall–Kier alpha value is -5.06. The number of non-ortho nitro benzene ring substituents is 1. The molecule has 0 saturated carbocycles. The summed E-state index contributed by atoms with van der Waals surface area (Å²) in [5, 5.41) is 17.3. The van der Waals surface area contributed by atoms with Crippen LogP contribution in [0.1, 0.15) is 46.0 Å². The van der Waals surface area contributed by atoms with Crippen LogP contribution in [-0.4, -0.2) is 42.1 Å². The summed E-state index contributed by atoms with van der Waals surface area (Å²) in [5.74, 6) is -0.622. The number of hydrazone groups is 1. The van der Waals surface area contributed by atoms with Crippen LogP contribution in [0.3, 0.4) is 0 Å². The second-order valence-corrected chi connectivity index (χ2v) is 7.85. The van der Waals surface area contributed by atoms with Gasteiger partial charge in [0.1, 0.15) is 0 Å². The van der Waals surface area contributed by atoms with E-state index in [1.807, 2.05) is 0 Å². The SMILES string of the molecule is CCOc1cc(C=NNC(=O)CCCNC(=O)c2ccc([N+](=O)[O-])cc2)ccc1OC(=O)c1ccccc1. The molecule has 3 aromatic carbocycles. The zero-order valence-electron chi connectivity index (χ0n) is 20.6. The first kappa shape index (κ1) is 27.5. The number of carbonyl (C=O) groups is 3. The topological polar surface area (TPSA) is 149 Å². The number of nitrogens with one attached hydrogen (secondary N) is 2. The minimum absolute atomic E-state index is 0.102. The monoisotopic (exact) mass is 518 g/mol. The predicted octanol–water partition coefficient (Wildman–Crippen LogP) is 3.87. The van der Waals surface area contributed by atoms with E-state index in [-0.39, 0.29) is 41.8 Å². The molecule has 0 spiro atoms. The number of rotatable bonds is 12. The van der Waals surface area contributed by atoms with Crippen LogP contribution >= 0.6 is 0 Å². The fourth-order valence-electron chi connectivity index (χ4n) is 3.21. The smallest absolute Gasteiger partial charge is 0.343 e. The largest absolute Gasteiger partial charge is 0.490 e. The van der Waals surface area contributed by atoms with Crippen molar-refractivity contribution in [2.45, 2.75) is 19.8 Å². The highest BCUT2D eigenvalue weighted by Crippen LogP contribution is 2.29. The third-order valence-electron chi connectivity index (χ3n) is 5.09. The van der Waals surface area contributed by atoms with Crippen molar-refractivity contribution in [1.82, 2.24) is 10.7 Å². The van der Waals surface area contributed by atoms with Crippen LogP contribution in [0.5, 0.6) is 11.5 Å². The Balaban J connectivity index is 1.45. The summed E-state index contributed by atoms with van der Waals surface area (Å²) in [6, 6.07) is 18.7. The molecule has 0 bridgehead atoms. The van der Waals surface area contributed by atoms with E-state index in [0.717, 1.165) is 0 Å². The summed E-state index contributed by atoms with van der Waals surface area (Å²) in [6.45, 7) is 2.40. The number of ether oxygens (including phenoxy) is 2. The van der Waals surface area contributed by atoms with Crippen LogP contribution in [0.2, 0.25) is 0 Å². The number of amides is 2. The van der Waals surface area contributed by atoms with Crippen LogP contribution < -0.4 is 20.2 Å². The van der Waals surface area contributed by atoms with Crippen molar-refractivity contribution < 1.29 is 28.8 Å². The van der Waals surface area contributed by atoms with Gasteiger partial charge >= 0.3 is 5.97 Å². The number of benzene rings is 3. The zero-order valence-corrected chi connectivity index (χ0v) is 20.6. The van der Waals surface area contributed by atoms with E-state index in [1.54, 1.807) is 55.5 Å². The zero-order chi connectivity index (χ0) is 27.3. The molecule has 0 saturated heterocycles. The Kier molecular flexibility index (Phi) is 10.1. The van der Waals surface area contributed by atoms with Crippen LogP contribution in [-0.2, 0) is 4.79 Å². The number of nitro groups is 1. The molecule has 3 aromatic rings. The summed E-state index contributed by atoms with van der Waals surface area (Å²) >= 11 is 0. The molecule has 0 aliphatic heterocycles. The number of esters is 1. The third-order valence-corrected chi connectivity index (χ3v) is 5.09. The average molecular weight is 519 g/mol. The van der Waals surface area contributed by atoms with E-state index in [1.165, 1.54) is 30.5 Å². The highest BCUT2D eigenvalue weighted by molar-refractivity contribution is 5.94. The molecule has 0 unspecified atom stereocenters. The number of nitrogens with zero attached hydrogens (tertiary/aromatic N) is 2. The lowest BCUT2D eigenvalue weighted by Gasteiger charge is -2.11. The highest BCUT2D eigenvalue weighted by Gasteiger charge is 2.13. The van der Waals surface area contributed by atoms with Gasteiger partial charge in [0.15, 0.2) is 11.5 Å². The first-order chi connectivity index (χ1) is 18.4. The van der Waals surface area contributed by atoms with Gasteiger partial charge in [0, 0.05) is 30.7 Å². The molecule has 2 amide bonds. The van der Waals surface area contributed by atoms with Gasteiger partial charge < -0.3 is 14.8 Å². The van der Waals surface area contributed by atoms with Crippen LogP contribution in [0.25, 0.3) is 0 Å². The molecule has 0 aliphatic rings. The molecule has 11 nitrogen and oxygen atoms in total. The number of carbonyl (C=O) groups excluding carboxylic acids is 3. The second-order valence-electron chi connectivity index (χ2n) is 7.85. The van der Waals surface area contributed by atoms with Gasteiger partial charge in [-0.15, -0.1) is 0 Å². The van der Waals surface area contributed by atoms with Gasteiger partial charge in [0.25, 0.3) is 11.6 Å². The van der Waals surface area contributed by atoms with E-state index in [9.17, 15) is 24.5 Å². The molecule has 38 heavy (non-hydrogen) atoms. The lowest BCUT2D eigenvalue weighted by molar-refractivity contribution is -0.384. The summed E-state index contributed by atoms with van der Waals surface area (Å²) in [4.78, 5) is 46.6. The molecule has 0 fully saturated rings. The van der Waals surface area contributed by atoms with Crippen molar-refractivity contribution in [3.63, 3.8) is 0 Å². The van der Waals surface area contributed by atoms with E-state index in [0.29, 0.717) is 29.9 Å². The summed E-state index contributed by atoms with van der Waals surface area (Å²) < 4.78 is 11.0. The van der Waals surface area contributed by atoms with Gasteiger partial charge in [-0.3, -0.25) is 19.7 Å². The Morgan fingerprint density at radius 2 is 1.71 bits per heavy atom. The predicted molar refractivity (Wildman–Crippen MR) is 139 cm³/mol. The molecule has 0 radical (unpaired) electrons. The van der Waals surface area contributed by atoms with Crippen molar-refractivity contribution >= 4 is 29.7 Å². The minimum atomic E-state index is -0.542. The Morgan fingerprint density at radius 1 is 0.974 bits per heavy atom. The summed E-state index contributed by atoms with van der Waals surface area (Å²) in [5.41, 5.74) is 3.63. The summed E-state index contributed by atoms with van der Waals surface area (Å²) in [7, 11) is 0. The van der Waals surface area contributed by atoms with E-state index < -0.39 is 10.9 Å².